The van der Waals surface area contributed by atoms with E-state index in [0.717, 1.165) is 44.7 Å². The third-order valence-electron chi connectivity index (χ3n) is 5.37. The molecule has 0 radical (unpaired) electrons. The first-order valence-corrected chi connectivity index (χ1v) is 10.2. The number of carbonyl (C=O) groups is 2. The number of hydrogen-bond donors (Lipinski definition) is 2. The van der Waals surface area contributed by atoms with Crippen LogP contribution in [0.25, 0.3) is 0 Å². The van der Waals surface area contributed by atoms with Gasteiger partial charge in [0.25, 0.3) is 5.91 Å². The van der Waals surface area contributed by atoms with Crippen LogP contribution in [0.15, 0.2) is 48.5 Å². The highest BCUT2D eigenvalue weighted by Crippen LogP contribution is 2.20. The van der Waals surface area contributed by atoms with Crippen molar-refractivity contribution in [1.82, 2.24) is 10.2 Å². The van der Waals surface area contributed by atoms with E-state index in [1.807, 2.05) is 25.1 Å². The number of nitrogens with one attached hydrogen (secondary N) is 2. The van der Waals surface area contributed by atoms with Crippen LogP contribution in [0.1, 0.15) is 28.8 Å². The highest BCUT2D eigenvalue weighted by Gasteiger charge is 2.18. The van der Waals surface area contributed by atoms with Gasteiger partial charge in [-0.2, -0.15) is 0 Å². The number of anilines is 2. The van der Waals surface area contributed by atoms with Crippen LogP contribution in [-0.2, 0) is 4.79 Å². The highest BCUT2D eigenvalue weighted by atomic mass is 16.2. The van der Waals surface area contributed by atoms with Crippen molar-refractivity contribution in [2.75, 3.05) is 50.0 Å². The van der Waals surface area contributed by atoms with E-state index in [4.69, 9.17) is 0 Å². The van der Waals surface area contributed by atoms with E-state index >= 15 is 0 Å². The summed E-state index contributed by atoms with van der Waals surface area (Å²) in [5.41, 5.74) is 3.22. The average Bonchev–Trinajstić information content (AvgIpc) is 2.74. The van der Waals surface area contributed by atoms with Gasteiger partial charge in [-0.15, -0.1) is 0 Å². The van der Waals surface area contributed by atoms with E-state index in [9.17, 15) is 9.59 Å². The molecule has 154 valence electrons. The van der Waals surface area contributed by atoms with Crippen LogP contribution in [-0.4, -0.2) is 56.5 Å². The first-order valence-electron chi connectivity index (χ1n) is 10.2. The minimum absolute atomic E-state index is 0.0522. The molecule has 0 unspecified atom stereocenters. The first kappa shape index (κ1) is 20.9. The third kappa shape index (κ3) is 5.57. The summed E-state index contributed by atoms with van der Waals surface area (Å²) >= 11 is 0. The number of amides is 2. The lowest BCUT2D eigenvalue weighted by Crippen LogP contribution is -2.46. The second kappa shape index (κ2) is 10.1. The number of para-hydroxylation sites is 1. The van der Waals surface area contributed by atoms with E-state index in [-0.39, 0.29) is 11.8 Å². The topological polar surface area (TPSA) is 64.7 Å². The van der Waals surface area contributed by atoms with Crippen LogP contribution < -0.4 is 15.5 Å². The van der Waals surface area contributed by atoms with Crippen LogP contribution in [0.3, 0.4) is 0 Å². The number of carbonyl (C=O) groups excluding carboxylic acids is 2. The van der Waals surface area contributed by atoms with Crippen molar-refractivity contribution in [3.63, 3.8) is 0 Å². The van der Waals surface area contributed by atoms with Crippen LogP contribution in [0.4, 0.5) is 11.4 Å². The summed E-state index contributed by atoms with van der Waals surface area (Å²) in [7, 11) is 1.60. The van der Waals surface area contributed by atoms with E-state index in [2.05, 4.69) is 44.7 Å². The molecule has 2 amide bonds. The average molecular weight is 395 g/mol. The molecule has 0 saturated carbocycles. The molecule has 0 aliphatic carbocycles. The summed E-state index contributed by atoms with van der Waals surface area (Å²) in [6.07, 6.45) is 1.25. The Morgan fingerprint density at radius 1 is 0.966 bits per heavy atom. The Labute approximate surface area is 172 Å². The van der Waals surface area contributed by atoms with E-state index in [0.29, 0.717) is 17.7 Å². The third-order valence-corrected chi connectivity index (χ3v) is 5.37. The molecule has 0 aromatic heterocycles. The maximum atomic E-state index is 12.4. The summed E-state index contributed by atoms with van der Waals surface area (Å²) in [6.45, 7) is 6.82. The molecule has 6 heteroatoms. The molecule has 6 nitrogen and oxygen atoms in total. The maximum Gasteiger partial charge on any atom is 0.253 e. The quantitative estimate of drug-likeness (QED) is 0.758. The van der Waals surface area contributed by atoms with E-state index in [1.165, 1.54) is 5.69 Å². The van der Waals surface area contributed by atoms with Gasteiger partial charge in [0.15, 0.2) is 0 Å². The number of rotatable bonds is 7. The number of hydrogen-bond acceptors (Lipinski definition) is 4. The molecule has 0 atom stereocenters. The standard InChI is InChI=1S/C23H30N4O2/c1-18-8-6-11-20(22(18)23(29)24-2)25-21(28)12-7-13-26-14-16-27(17-15-26)19-9-4-3-5-10-19/h3-6,8-11H,7,12-17H2,1-2H3,(H,24,29)(H,25,28). The van der Waals surface area contributed by atoms with Crippen LogP contribution >= 0.6 is 0 Å². The Morgan fingerprint density at radius 3 is 2.38 bits per heavy atom. The van der Waals surface area contributed by atoms with Crippen LogP contribution in [0.5, 0.6) is 0 Å². The molecule has 1 heterocycles. The summed E-state index contributed by atoms with van der Waals surface area (Å²) < 4.78 is 0. The number of nitrogens with zero attached hydrogens (tertiary/aromatic N) is 2. The Balaban J connectivity index is 1.43. The number of benzene rings is 2. The van der Waals surface area contributed by atoms with Crippen molar-refractivity contribution >= 4 is 23.2 Å². The fourth-order valence-electron chi connectivity index (χ4n) is 3.74. The van der Waals surface area contributed by atoms with Crippen molar-refractivity contribution in [3.8, 4) is 0 Å². The smallest absolute Gasteiger partial charge is 0.253 e. The van der Waals surface area contributed by atoms with Crippen molar-refractivity contribution in [1.29, 1.82) is 0 Å². The molecular formula is C23H30N4O2. The molecule has 1 aliphatic heterocycles. The fraction of sp³-hybridized carbons (Fsp3) is 0.391. The van der Waals surface area contributed by atoms with E-state index in [1.54, 1.807) is 13.1 Å². The fourth-order valence-corrected chi connectivity index (χ4v) is 3.74. The van der Waals surface area contributed by atoms with Crippen molar-refractivity contribution < 1.29 is 9.59 Å². The van der Waals surface area contributed by atoms with Gasteiger partial charge >= 0.3 is 0 Å². The SMILES string of the molecule is CNC(=O)c1c(C)cccc1NC(=O)CCCN1CCN(c2ccccc2)CC1. The monoisotopic (exact) mass is 394 g/mol. The highest BCUT2D eigenvalue weighted by molar-refractivity contribution is 6.04. The minimum atomic E-state index is -0.185. The van der Waals surface area contributed by atoms with Gasteiger partial charge in [-0.3, -0.25) is 14.5 Å². The Kier molecular flexibility index (Phi) is 7.25. The van der Waals surface area contributed by atoms with Crippen molar-refractivity contribution in [3.05, 3.63) is 59.7 Å². The molecule has 1 saturated heterocycles. The van der Waals surface area contributed by atoms with Gasteiger partial charge in [-0.05, 0) is 43.7 Å². The van der Waals surface area contributed by atoms with Gasteiger partial charge in [-0.1, -0.05) is 30.3 Å². The molecular weight excluding hydrogens is 364 g/mol. The molecule has 29 heavy (non-hydrogen) atoms. The molecule has 0 bridgehead atoms. The number of aryl methyl sites for hydroxylation is 1. The summed E-state index contributed by atoms with van der Waals surface area (Å²) in [6, 6.07) is 16.0. The largest absolute Gasteiger partial charge is 0.369 e. The second-order valence-electron chi connectivity index (χ2n) is 7.39. The van der Waals surface area contributed by atoms with Crippen molar-refractivity contribution in [2.24, 2.45) is 0 Å². The van der Waals surface area contributed by atoms with Gasteiger partial charge < -0.3 is 15.5 Å². The summed E-state index contributed by atoms with van der Waals surface area (Å²) in [4.78, 5) is 29.3. The van der Waals surface area contributed by atoms with Gasteiger partial charge in [0, 0.05) is 45.3 Å². The maximum absolute atomic E-state index is 12.4. The number of piperazine rings is 1. The van der Waals surface area contributed by atoms with Gasteiger partial charge in [0.2, 0.25) is 5.91 Å². The molecule has 2 N–H and O–H groups in total. The Bertz CT molecular complexity index is 830. The van der Waals surface area contributed by atoms with Gasteiger partial charge in [0.05, 0.1) is 11.3 Å². The Hall–Kier alpha value is -2.86. The predicted molar refractivity (Wildman–Crippen MR) is 118 cm³/mol. The zero-order chi connectivity index (χ0) is 20.6. The lowest BCUT2D eigenvalue weighted by Gasteiger charge is -2.36. The van der Waals surface area contributed by atoms with E-state index < -0.39 is 0 Å². The molecule has 1 aliphatic rings. The first-order chi connectivity index (χ1) is 14.1. The zero-order valence-corrected chi connectivity index (χ0v) is 17.3. The second-order valence-corrected chi connectivity index (χ2v) is 7.39. The van der Waals surface area contributed by atoms with Crippen molar-refractivity contribution in [2.45, 2.75) is 19.8 Å². The minimum Gasteiger partial charge on any atom is -0.369 e. The normalized spacial score (nSPS) is 14.5. The molecule has 2 aromatic rings. The molecule has 3 rings (SSSR count). The summed E-state index contributed by atoms with van der Waals surface area (Å²) in [5, 5.41) is 5.54. The predicted octanol–water partition coefficient (Wildman–Crippen LogP) is 2.90. The molecule has 2 aromatic carbocycles. The lowest BCUT2D eigenvalue weighted by molar-refractivity contribution is -0.116. The molecule has 0 spiro atoms. The Morgan fingerprint density at radius 2 is 1.69 bits per heavy atom. The van der Waals surface area contributed by atoms with Crippen LogP contribution in [0.2, 0.25) is 0 Å². The van der Waals surface area contributed by atoms with Gasteiger partial charge in [0.1, 0.15) is 0 Å². The van der Waals surface area contributed by atoms with Gasteiger partial charge in [-0.25, -0.2) is 0 Å². The van der Waals surface area contributed by atoms with Crippen LogP contribution in [0, 0.1) is 6.92 Å². The molecule has 1 fully saturated rings. The lowest BCUT2D eigenvalue weighted by atomic mass is 10.1. The summed E-state index contributed by atoms with van der Waals surface area (Å²) in [5.74, 6) is -0.238. The zero-order valence-electron chi connectivity index (χ0n) is 17.3.